The van der Waals surface area contributed by atoms with Crippen molar-refractivity contribution in [3.63, 3.8) is 0 Å². The van der Waals surface area contributed by atoms with Gasteiger partial charge in [-0.15, -0.1) is 0 Å². The predicted octanol–water partition coefficient (Wildman–Crippen LogP) is 3.47. The van der Waals surface area contributed by atoms with Gasteiger partial charge < -0.3 is 0 Å². The second-order valence-electron chi connectivity index (χ2n) is 5.46. The Labute approximate surface area is 139 Å². The fourth-order valence-corrected chi connectivity index (χ4v) is 3.76. The molecule has 5 nitrogen and oxygen atoms in total. The van der Waals surface area contributed by atoms with E-state index in [4.69, 9.17) is 0 Å². The first kappa shape index (κ1) is 20.1. The third kappa shape index (κ3) is 3.45. The van der Waals surface area contributed by atoms with Crippen molar-refractivity contribution in [1.29, 1.82) is 0 Å². The molecule has 0 radical (unpaired) electrons. The predicted molar refractivity (Wildman–Crippen MR) is 85.5 cm³/mol. The summed E-state index contributed by atoms with van der Waals surface area (Å²) in [5, 5.41) is 4.15. The number of hydrogen-bond donors (Lipinski definition) is 0. The van der Waals surface area contributed by atoms with Crippen LogP contribution in [0.4, 0.5) is 13.2 Å². The number of aryl methyl sites for hydroxylation is 3. The summed E-state index contributed by atoms with van der Waals surface area (Å²) in [5.74, 6) is 0. The summed E-state index contributed by atoms with van der Waals surface area (Å²) in [6.45, 7) is 4.32. The molecule has 0 unspecified atom stereocenters. The van der Waals surface area contributed by atoms with Crippen LogP contribution in [0.2, 0.25) is 0 Å². The Morgan fingerprint density at radius 2 is 1.67 bits per heavy atom. The van der Waals surface area contributed by atoms with E-state index >= 15 is 0 Å². The summed E-state index contributed by atoms with van der Waals surface area (Å²) in [6.07, 6.45) is -3.43. The highest BCUT2D eigenvalue weighted by atomic mass is 32.2. The minimum Gasteiger partial charge on any atom is -0.256 e. The summed E-state index contributed by atoms with van der Waals surface area (Å²) in [4.78, 5) is 4.02. The molecular formula is C15H20F3N3O2S. The number of rotatable bonds is 2. The Morgan fingerprint density at radius 1 is 1.12 bits per heavy atom. The van der Waals surface area contributed by atoms with E-state index in [9.17, 15) is 21.6 Å². The van der Waals surface area contributed by atoms with Crippen LogP contribution in [0.5, 0.6) is 0 Å². The highest BCUT2D eigenvalue weighted by Gasteiger charge is 2.34. The standard InChI is InChI=1S/C14H16F3N3O2S.CH4/c1-7-6-10(14(15,16)17)9(3)18-11(7)12-8(2)13(20(4)19-12)23(5,21)22;/h6H,1-5H3;1H4. The molecule has 0 amide bonds. The number of hydrogen-bond acceptors (Lipinski definition) is 4. The van der Waals surface area contributed by atoms with Crippen molar-refractivity contribution in [2.75, 3.05) is 6.26 Å². The zero-order chi connectivity index (χ0) is 17.7. The van der Waals surface area contributed by atoms with Crippen LogP contribution in [0.15, 0.2) is 11.1 Å². The van der Waals surface area contributed by atoms with Crippen molar-refractivity contribution < 1.29 is 21.6 Å². The zero-order valence-corrected chi connectivity index (χ0v) is 14.1. The topological polar surface area (TPSA) is 64.8 Å². The lowest BCUT2D eigenvalue weighted by Gasteiger charge is -2.13. The van der Waals surface area contributed by atoms with Crippen LogP contribution in [0.3, 0.4) is 0 Å². The van der Waals surface area contributed by atoms with Crippen LogP contribution in [0.25, 0.3) is 11.4 Å². The number of nitrogens with zero attached hydrogens (tertiary/aromatic N) is 3. The van der Waals surface area contributed by atoms with Crippen molar-refractivity contribution in [3.05, 3.63) is 28.5 Å². The van der Waals surface area contributed by atoms with Crippen molar-refractivity contribution in [2.45, 2.75) is 39.4 Å². The Kier molecular flexibility index (Phi) is 5.20. The molecule has 2 aromatic rings. The molecule has 2 aromatic heterocycles. The Balaban J connectivity index is 0.00000288. The maximum Gasteiger partial charge on any atom is 0.418 e. The molecule has 0 fully saturated rings. The summed E-state index contributed by atoms with van der Waals surface area (Å²) in [6, 6.07) is 1.01. The maximum atomic E-state index is 12.9. The summed E-state index contributed by atoms with van der Waals surface area (Å²) in [7, 11) is -2.04. The molecule has 0 aliphatic heterocycles. The van der Waals surface area contributed by atoms with Crippen LogP contribution in [0, 0.1) is 20.8 Å². The van der Waals surface area contributed by atoms with Crippen molar-refractivity contribution in [2.24, 2.45) is 7.05 Å². The monoisotopic (exact) mass is 363 g/mol. The van der Waals surface area contributed by atoms with Gasteiger partial charge in [0.15, 0.2) is 14.9 Å². The molecule has 0 spiro atoms. The van der Waals surface area contributed by atoms with Gasteiger partial charge in [0.05, 0.1) is 17.0 Å². The van der Waals surface area contributed by atoms with E-state index < -0.39 is 21.6 Å². The molecule has 2 heterocycles. The van der Waals surface area contributed by atoms with Crippen LogP contribution < -0.4 is 0 Å². The SMILES string of the molecule is C.Cc1cc(C(F)(F)F)c(C)nc1-c1nn(C)c(S(C)(=O)=O)c1C. The van der Waals surface area contributed by atoms with Gasteiger partial charge >= 0.3 is 6.18 Å². The first-order valence-electron chi connectivity index (χ1n) is 6.63. The van der Waals surface area contributed by atoms with E-state index in [2.05, 4.69) is 10.1 Å². The fourth-order valence-electron chi connectivity index (χ4n) is 2.59. The molecule has 2 rings (SSSR count). The molecule has 0 aromatic carbocycles. The number of sulfone groups is 1. The minimum atomic E-state index is -4.49. The molecule has 134 valence electrons. The Morgan fingerprint density at radius 3 is 2.08 bits per heavy atom. The van der Waals surface area contributed by atoms with E-state index in [1.165, 1.54) is 25.6 Å². The summed E-state index contributed by atoms with van der Waals surface area (Å²) < 4.78 is 63.6. The van der Waals surface area contributed by atoms with Crippen molar-refractivity contribution in [1.82, 2.24) is 14.8 Å². The van der Waals surface area contributed by atoms with E-state index in [1.54, 1.807) is 6.92 Å². The fraction of sp³-hybridized carbons (Fsp3) is 0.467. The first-order valence-corrected chi connectivity index (χ1v) is 8.52. The number of halogens is 3. The molecule has 24 heavy (non-hydrogen) atoms. The second-order valence-corrected chi connectivity index (χ2v) is 7.39. The quantitative estimate of drug-likeness (QED) is 0.820. The first-order chi connectivity index (χ1) is 10.3. The smallest absolute Gasteiger partial charge is 0.256 e. The average Bonchev–Trinajstić information content (AvgIpc) is 2.65. The number of alkyl halides is 3. The Bertz CT molecular complexity index is 884. The lowest BCUT2D eigenvalue weighted by molar-refractivity contribution is -0.138. The third-order valence-electron chi connectivity index (χ3n) is 3.50. The van der Waals surface area contributed by atoms with Gasteiger partial charge in [-0.05, 0) is 32.4 Å². The lowest BCUT2D eigenvalue weighted by Crippen LogP contribution is -2.10. The highest BCUT2D eigenvalue weighted by molar-refractivity contribution is 7.90. The molecule has 0 saturated heterocycles. The summed E-state index contributed by atoms with van der Waals surface area (Å²) >= 11 is 0. The van der Waals surface area contributed by atoms with E-state index in [-0.39, 0.29) is 35.1 Å². The molecule has 0 bridgehead atoms. The molecule has 0 atom stereocenters. The van der Waals surface area contributed by atoms with Crippen LogP contribution in [-0.4, -0.2) is 29.4 Å². The molecule has 0 saturated carbocycles. The van der Waals surface area contributed by atoms with Gasteiger partial charge in [0, 0.05) is 18.9 Å². The van der Waals surface area contributed by atoms with E-state index in [0.29, 0.717) is 5.56 Å². The molecule has 0 aliphatic rings. The van der Waals surface area contributed by atoms with Crippen molar-refractivity contribution in [3.8, 4) is 11.4 Å². The van der Waals surface area contributed by atoms with E-state index in [1.807, 2.05) is 0 Å². The van der Waals surface area contributed by atoms with Gasteiger partial charge in [0.25, 0.3) is 0 Å². The van der Waals surface area contributed by atoms with Gasteiger partial charge in [-0.2, -0.15) is 18.3 Å². The molecule has 0 aliphatic carbocycles. The highest BCUT2D eigenvalue weighted by Crippen LogP contribution is 2.35. The normalized spacial score (nSPS) is 12.2. The van der Waals surface area contributed by atoms with Gasteiger partial charge in [0.2, 0.25) is 0 Å². The second kappa shape index (κ2) is 6.19. The van der Waals surface area contributed by atoms with Gasteiger partial charge in [-0.25, -0.2) is 8.42 Å². The van der Waals surface area contributed by atoms with Crippen LogP contribution in [0.1, 0.15) is 29.8 Å². The lowest BCUT2D eigenvalue weighted by atomic mass is 10.1. The minimum absolute atomic E-state index is 0. The van der Waals surface area contributed by atoms with Gasteiger partial charge in [0.1, 0.15) is 5.69 Å². The van der Waals surface area contributed by atoms with Crippen LogP contribution in [-0.2, 0) is 23.1 Å². The van der Waals surface area contributed by atoms with Gasteiger partial charge in [-0.3, -0.25) is 9.67 Å². The van der Waals surface area contributed by atoms with E-state index in [0.717, 1.165) is 12.3 Å². The number of aromatic nitrogens is 3. The molecule has 0 N–H and O–H groups in total. The maximum absolute atomic E-state index is 12.9. The number of pyridine rings is 1. The van der Waals surface area contributed by atoms with Gasteiger partial charge in [-0.1, -0.05) is 7.43 Å². The zero-order valence-electron chi connectivity index (χ0n) is 13.3. The molecule has 9 heteroatoms. The largest absolute Gasteiger partial charge is 0.418 e. The molecular weight excluding hydrogens is 343 g/mol. The average molecular weight is 363 g/mol. The van der Waals surface area contributed by atoms with Crippen molar-refractivity contribution >= 4 is 9.84 Å². The van der Waals surface area contributed by atoms with Crippen LogP contribution >= 0.6 is 0 Å². The summed E-state index contributed by atoms with van der Waals surface area (Å²) in [5.41, 5.74) is 0.175. The Hall–Kier alpha value is -1.90. The third-order valence-corrected chi connectivity index (χ3v) is 4.78.